The van der Waals surface area contributed by atoms with Crippen LogP contribution in [0.25, 0.3) is 0 Å². The molecule has 134 valence electrons. The number of nitrogens with one attached hydrogen (secondary N) is 1. The van der Waals surface area contributed by atoms with Gasteiger partial charge in [0.1, 0.15) is 0 Å². The molecule has 0 spiro atoms. The molecule has 0 bridgehead atoms. The summed E-state index contributed by atoms with van der Waals surface area (Å²) in [6.45, 7) is 8.64. The highest BCUT2D eigenvalue weighted by atomic mass is 32.2. The minimum Gasteiger partial charge on any atom is -0.353 e. The Morgan fingerprint density at radius 3 is 2.46 bits per heavy atom. The van der Waals surface area contributed by atoms with Gasteiger partial charge >= 0.3 is 0 Å². The van der Waals surface area contributed by atoms with Crippen molar-refractivity contribution < 1.29 is 13.2 Å². The van der Waals surface area contributed by atoms with E-state index in [1.165, 1.54) is 0 Å². The summed E-state index contributed by atoms with van der Waals surface area (Å²) in [4.78, 5) is 12.3. The second-order valence-corrected chi connectivity index (χ2v) is 9.02. The van der Waals surface area contributed by atoms with Crippen LogP contribution in [-0.2, 0) is 14.8 Å². The Morgan fingerprint density at radius 2 is 1.88 bits per heavy atom. The number of hydrogen-bond donors (Lipinski definition) is 1. The van der Waals surface area contributed by atoms with Crippen molar-refractivity contribution in [2.45, 2.75) is 57.9 Å². The first-order valence-corrected chi connectivity index (χ1v) is 10.0. The van der Waals surface area contributed by atoms with Crippen LogP contribution in [-0.4, -0.2) is 37.8 Å². The molecule has 0 unspecified atom stereocenters. The minimum atomic E-state index is -3.47. The van der Waals surface area contributed by atoms with E-state index in [-0.39, 0.29) is 11.9 Å². The molecule has 0 aromatic heterocycles. The Morgan fingerprint density at radius 1 is 1.25 bits per heavy atom. The highest BCUT2D eigenvalue weighted by Crippen LogP contribution is 2.24. The molecule has 1 amide bonds. The lowest BCUT2D eigenvalue weighted by molar-refractivity contribution is -0.122. The zero-order chi connectivity index (χ0) is 17.9. The summed E-state index contributed by atoms with van der Waals surface area (Å²) < 4.78 is 27.3. The number of rotatable bonds is 5. The van der Waals surface area contributed by atoms with E-state index in [0.717, 1.165) is 11.1 Å². The molecule has 5 nitrogen and oxygen atoms in total. The monoisotopic (exact) mass is 352 g/mol. The molecule has 0 aliphatic carbocycles. The van der Waals surface area contributed by atoms with E-state index in [9.17, 15) is 13.2 Å². The first-order chi connectivity index (χ1) is 11.2. The van der Waals surface area contributed by atoms with E-state index in [1.807, 2.05) is 39.8 Å². The summed E-state index contributed by atoms with van der Waals surface area (Å²) >= 11 is 0. The van der Waals surface area contributed by atoms with Crippen LogP contribution in [0.1, 0.15) is 44.2 Å². The Kier molecular flexibility index (Phi) is 6.04. The molecule has 1 heterocycles. The third kappa shape index (κ3) is 4.57. The van der Waals surface area contributed by atoms with Crippen LogP contribution in [0.4, 0.5) is 0 Å². The fraction of sp³-hybridized carbons (Fsp3) is 0.611. The molecule has 1 saturated heterocycles. The number of carbonyl (C=O) groups excluding carboxylic acids is 1. The van der Waals surface area contributed by atoms with Gasteiger partial charge in [0.2, 0.25) is 15.9 Å². The first-order valence-electron chi connectivity index (χ1n) is 8.57. The van der Waals surface area contributed by atoms with Crippen molar-refractivity contribution in [3.63, 3.8) is 0 Å². The molecule has 24 heavy (non-hydrogen) atoms. The van der Waals surface area contributed by atoms with Gasteiger partial charge in [-0.1, -0.05) is 26.0 Å². The fourth-order valence-electron chi connectivity index (χ4n) is 3.02. The van der Waals surface area contributed by atoms with Gasteiger partial charge in [-0.05, 0) is 49.8 Å². The number of hydrogen-bond acceptors (Lipinski definition) is 3. The van der Waals surface area contributed by atoms with Gasteiger partial charge < -0.3 is 5.32 Å². The summed E-state index contributed by atoms with van der Waals surface area (Å²) in [6.07, 6.45) is 1.84. The van der Waals surface area contributed by atoms with Crippen LogP contribution < -0.4 is 5.32 Å². The number of amides is 1. The molecule has 1 fully saturated rings. The zero-order valence-electron chi connectivity index (χ0n) is 15.0. The van der Waals surface area contributed by atoms with Crippen molar-refractivity contribution in [3.8, 4) is 0 Å². The molecule has 1 N–H and O–H groups in total. The number of piperidine rings is 1. The Labute approximate surface area is 145 Å². The average Bonchev–Trinajstić information content (AvgIpc) is 2.49. The van der Waals surface area contributed by atoms with E-state index in [2.05, 4.69) is 5.32 Å². The van der Waals surface area contributed by atoms with Crippen molar-refractivity contribution in [3.05, 3.63) is 29.3 Å². The molecule has 0 atom stereocenters. The molecule has 1 aromatic rings. The van der Waals surface area contributed by atoms with E-state index >= 15 is 0 Å². The van der Waals surface area contributed by atoms with Crippen molar-refractivity contribution in [2.75, 3.05) is 13.1 Å². The topological polar surface area (TPSA) is 66.5 Å². The van der Waals surface area contributed by atoms with Crippen LogP contribution in [0.15, 0.2) is 23.1 Å². The van der Waals surface area contributed by atoms with E-state index < -0.39 is 10.0 Å². The molecule has 0 radical (unpaired) electrons. The number of nitrogens with zero attached hydrogens (tertiary/aromatic N) is 1. The molecule has 6 heteroatoms. The van der Waals surface area contributed by atoms with Gasteiger partial charge in [-0.25, -0.2) is 8.42 Å². The van der Waals surface area contributed by atoms with E-state index in [4.69, 9.17) is 0 Å². The summed E-state index contributed by atoms with van der Waals surface area (Å²) in [6, 6.07) is 5.58. The standard InChI is InChI=1S/C18H28N2O3S/c1-13(2)11-18(21)19-16-7-9-20(10-8-16)24(22,23)17-12-14(3)5-6-15(17)4/h5-6,12-13,16H,7-11H2,1-4H3,(H,19,21). The number of aryl methyl sites for hydroxylation is 2. The van der Waals surface area contributed by atoms with E-state index in [1.54, 1.807) is 10.4 Å². The summed E-state index contributed by atoms with van der Waals surface area (Å²) in [5, 5.41) is 3.02. The Hall–Kier alpha value is -1.40. The van der Waals surface area contributed by atoms with Crippen LogP contribution in [0.5, 0.6) is 0 Å². The van der Waals surface area contributed by atoms with Crippen LogP contribution in [0, 0.1) is 19.8 Å². The molecule has 1 aliphatic heterocycles. The van der Waals surface area contributed by atoms with Crippen molar-refractivity contribution in [2.24, 2.45) is 5.92 Å². The number of carbonyl (C=O) groups is 1. The smallest absolute Gasteiger partial charge is 0.243 e. The lowest BCUT2D eigenvalue weighted by atomic mass is 10.1. The largest absolute Gasteiger partial charge is 0.353 e. The van der Waals surface area contributed by atoms with Crippen LogP contribution >= 0.6 is 0 Å². The SMILES string of the molecule is Cc1ccc(C)c(S(=O)(=O)N2CCC(NC(=O)CC(C)C)CC2)c1. The maximum Gasteiger partial charge on any atom is 0.243 e. The third-order valence-corrected chi connectivity index (χ3v) is 6.41. The molecule has 1 aromatic carbocycles. The predicted octanol–water partition coefficient (Wildman–Crippen LogP) is 2.62. The lowest BCUT2D eigenvalue weighted by Gasteiger charge is -2.32. The molecule has 0 saturated carbocycles. The van der Waals surface area contributed by atoms with E-state index in [0.29, 0.717) is 43.2 Å². The number of sulfonamides is 1. The molecular weight excluding hydrogens is 324 g/mol. The van der Waals surface area contributed by atoms with Gasteiger partial charge in [0, 0.05) is 25.6 Å². The normalized spacial score (nSPS) is 17.2. The molecule has 1 aliphatic rings. The van der Waals surface area contributed by atoms with Crippen LogP contribution in [0.2, 0.25) is 0 Å². The maximum atomic E-state index is 12.9. The molecular formula is C18H28N2O3S. The highest BCUT2D eigenvalue weighted by molar-refractivity contribution is 7.89. The quantitative estimate of drug-likeness (QED) is 0.886. The van der Waals surface area contributed by atoms with Crippen molar-refractivity contribution in [1.29, 1.82) is 0 Å². The molecule has 2 rings (SSSR count). The minimum absolute atomic E-state index is 0.0563. The average molecular weight is 353 g/mol. The predicted molar refractivity (Wildman–Crippen MR) is 95.3 cm³/mol. The lowest BCUT2D eigenvalue weighted by Crippen LogP contribution is -2.46. The second kappa shape index (κ2) is 7.66. The van der Waals surface area contributed by atoms with Gasteiger partial charge in [0.05, 0.1) is 4.90 Å². The van der Waals surface area contributed by atoms with Gasteiger partial charge in [0.15, 0.2) is 0 Å². The first kappa shape index (κ1) is 18.9. The van der Waals surface area contributed by atoms with Gasteiger partial charge in [-0.2, -0.15) is 4.31 Å². The van der Waals surface area contributed by atoms with Crippen molar-refractivity contribution >= 4 is 15.9 Å². The van der Waals surface area contributed by atoms with Gasteiger partial charge in [-0.3, -0.25) is 4.79 Å². The van der Waals surface area contributed by atoms with Crippen molar-refractivity contribution in [1.82, 2.24) is 9.62 Å². The third-order valence-electron chi connectivity index (χ3n) is 4.37. The zero-order valence-corrected chi connectivity index (χ0v) is 15.8. The van der Waals surface area contributed by atoms with Gasteiger partial charge in [0.25, 0.3) is 0 Å². The fourth-order valence-corrected chi connectivity index (χ4v) is 4.80. The summed E-state index contributed by atoms with van der Waals surface area (Å²) in [5.41, 5.74) is 1.71. The maximum absolute atomic E-state index is 12.9. The summed E-state index contributed by atoms with van der Waals surface area (Å²) in [7, 11) is -3.47. The Balaban J connectivity index is 2.01. The summed E-state index contributed by atoms with van der Waals surface area (Å²) in [5.74, 6) is 0.385. The van der Waals surface area contributed by atoms with Crippen LogP contribution in [0.3, 0.4) is 0 Å². The number of benzene rings is 1. The Bertz CT molecular complexity index is 690. The van der Waals surface area contributed by atoms with Gasteiger partial charge in [-0.15, -0.1) is 0 Å². The second-order valence-electron chi connectivity index (χ2n) is 7.11. The highest BCUT2D eigenvalue weighted by Gasteiger charge is 2.30.